The van der Waals surface area contributed by atoms with Crippen LogP contribution in [0.15, 0.2) is 42.5 Å². The number of aryl methyl sites for hydroxylation is 3. The van der Waals surface area contributed by atoms with Gasteiger partial charge in [-0.1, -0.05) is 48.9 Å². The fraction of sp³-hybridized carbons (Fsp3) is 0.333. The van der Waals surface area contributed by atoms with Gasteiger partial charge in [-0.2, -0.15) is 0 Å². The van der Waals surface area contributed by atoms with Crippen molar-refractivity contribution in [3.8, 4) is 0 Å². The molecule has 0 fully saturated rings. The Labute approximate surface area is 116 Å². The van der Waals surface area contributed by atoms with E-state index in [1.807, 2.05) is 0 Å². The molecule has 2 rings (SSSR count). The molecule has 1 atom stereocenters. The third-order valence-corrected chi connectivity index (χ3v) is 3.64. The second-order valence-corrected chi connectivity index (χ2v) is 5.28. The van der Waals surface area contributed by atoms with Crippen LogP contribution in [0.1, 0.15) is 42.1 Å². The van der Waals surface area contributed by atoms with E-state index in [0.717, 1.165) is 6.42 Å². The van der Waals surface area contributed by atoms with E-state index in [1.54, 1.807) is 0 Å². The first-order valence-electron chi connectivity index (χ1n) is 7.02. The fourth-order valence-corrected chi connectivity index (χ4v) is 2.33. The van der Waals surface area contributed by atoms with Gasteiger partial charge in [0.25, 0.3) is 0 Å². The molecule has 19 heavy (non-hydrogen) atoms. The van der Waals surface area contributed by atoms with Gasteiger partial charge in [0.1, 0.15) is 0 Å². The molecule has 0 aliphatic rings. The molecule has 0 amide bonds. The minimum Gasteiger partial charge on any atom is -0.378 e. The highest BCUT2D eigenvalue weighted by atomic mass is 14.9. The normalized spacial score (nSPS) is 12.2. The zero-order valence-corrected chi connectivity index (χ0v) is 12.3. The van der Waals surface area contributed by atoms with Crippen LogP contribution >= 0.6 is 0 Å². The largest absolute Gasteiger partial charge is 0.378 e. The van der Waals surface area contributed by atoms with Crippen molar-refractivity contribution < 1.29 is 0 Å². The molecular weight excluding hydrogens is 230 g/mol. The Bertz CT molecular complexity index is 540. The first kappa shape index (κ1) is 13.7. The molecular formula is C18H23N. The Hall–Kier alpha value is -1.76. The number of benzene rings is 2. The number of rotatable bonds is 4. The lowest BCUT2D eigenvalue weighted by molar-refractivity contribution is 0.880. The number of anilines is 1. The lowest BCUT2D eigenvalue weighted by atomic mass is 10.0. The first-order valence-corrected chi connectivity index (χ1v) is 7.02. The van der Waals surface area contributed by atoms with Gasteiger partial charge in [0.15, 0.2) is 0 Å². The summed E-state index contributed by atoms with van der Waals surface area (Å²) in [6.45, 7) is 8.68. The van der Waals surface area contributed by atoms with Crippen molar-refractivity contribution in [1.29, 1.82) is 0 Å². The van der Waals surface area contributed by atoms with Crippen LogP contribution in [0, 0.1) is 13.8 Å². The molecule has 0 radical (unpaired) electrons. The average Bonchev–Trinajstić information content (AvgIpc) is 2.42. The monoisotopic (exact) mass is 253 g/mol. The summed E-state index contributed by atoms with van der Waals surface area (Å²) in [4.78, 5) is 0. The van der Waals surface area contributed by atoms with Crippen molar-refractivity contribution in [3.63, 3.8) is 0 Å². The average molecular weight is 253 g/mol. The van der Waals surface area contributed by atoms with E-state index < -0.39 is 0 Å². The molecule has 0 saturated carbocycles. The van der Waals surface area contributed by atoms with Gasteiger partial charge in [0.2, 0.25) is 0 Å². The number of nitrogens with one attached hydrogen (secondary N) is 1. The third-order valence-electron chi connectivity index (χ3n) is 3.64. The molecule has 1 unspecified atom stereocenters. The maximum absolute atomic E-state index is 3.59. The lowest BCUT2D eigenvalue weighted by Gasteiger charge is -2.18. The second kappa shape index (κ2) is 5.92. The zero-order chi connectivity index (χ0) is 13.8. The number of hydrogen-bond acceptors (Lipinski definition) is 1. The minimum absolute atomic E-state index is 0.326. The van der Waals surface area contributed by atoms with Crippen molar-refractivity contribution >= 4 is 5.69 Å². The molecule has 1 N–H and O–H groups in total. The summed E-state index contributed by atoms with van der Waals surface area (Å²) >= 11 is 0. The molecule has 100 valence electrons. The van der Waals surface area contributed by atoms with Crippen LogP contribution in [0.4, 0.5) is 5.69 Å². The maximum Gasteiger partial charge on any atom is 0.0485 e. The highest BCUT2D eigenvalue weighted by molar-refractivity contribution is 5.53. The van der Waals surface area contributed by atoms with E-state index in [4.69, 9.17) is 0 Å². The summed E-state index contributed by atoms with van der Waals surface area (Å²) < 4.78 is 0. The van der Waals surface area contributed by atoms with Crippen molar-refractivity contribution in [2.24, 2.45) is 0 Å². The van der Waals surface area contributed by atoms with E-state index in [9.17, 15) is 0 Å². The molecule has 1 heteroatoms. The molecule has 0 aromatic heterocycles. The summed E-state index contributed by atoms with van der Waals surface area (Å²) in [6, 6.07) is 15.7. The molecule has 0 heterocycles. The van der Waals surface area contributed by atoms with E-state index in [1.165, 1.54) is 27.9 Å². The van der Waals surface area contributed by atoms with Gasteiger partial charge in [0.05, 0.1) is 0 Å². The summed E-state index contributed by atoms with van der Waals surface area (Å²) in [5.41, 5.74) is 6.55. The van der Waals surface area contributed by atoms with Gasteiger partial charge in [0, 0.05) is 11.7 Å². The fourth-order valence-electron chi connectivity index (χ4n) is 2.33. The molecule has 0 saturated heterocycles. The summed E-state index contributed by atoms with van der Waals surface area (Å²) in [7, 11) is 0. The van der Waals surface area contributed by atoms with Gasteiger partial charge < -0.3 is 5.32 Å². The Morgan fingerprint density at radius 3 is 2.26 bits per heavy atom. The van der Waals surface area contributed by atoms with E-state index >= 15 is 0 Å². The lowest BCUT2D eigenvalue weighted by Crippen LogP contribution is -2.07. The Morgan fingerprint density at radius 1 is 1.00 bits per heavy atom. The van der Waals surface area contributed by atoms with Crippen LogP contribution < -0.4 is 5.32 Å². The predicted octanol–water partition coefficient (Wildman–Crippen LogP) is 5.04. The van der Waals surface area contributed by atoms with Gasteiger partial charge in [-0.25, -0.2) is 0 Å². The van der Waals surface area contributed by atoms with Gasteiger partial charge in [-0.05, 0) is 49.9 Å². The van der Waals surface area contributed by atoms with Gasteiger partial charge in [-0.15, -0.1) is 0 Å². The Kier molecular flexibility index (Phi) is 4.26. The minimum atomic E-state index is 0.326. The smallest absolute Gasteiger partial charge is 0.0485 e. The van der Waals surface area contributed by atoms with Crippen molar-refractivity contribution in [3.05, 3.63) is 64.7 Å². The quantitative estimate of drug-likeness (QED) is 0.805. The first-order chi connectivity index (χ1) is 9.10. The van der Waals surface area contributed by atoms with E-state index in [0.29, 0.717) is 6.04 Å². The highest BCUT2D eigenvalue weighted by Gasteiger charge is 2.06. The molecule has 2 aromatic rings. The van der Waals surface area contributed by atoms with Crippen LogP contribution in [0.5, 0.6) is 0 Å². The third kappa shape index (κ3) is 3.37. The van der Waals surface area contributed by atoms with Crippen LogP contribution in [0.3, 0.4) is 0 Å². The summed E-state index contributed by atoms with van der Waals surface area (Å²) in [5.74, 6) is 0. The molecule has 0 aliphatic heterocycles. The summed E-state index contributed by atoms with van der Waals surface area (Å²) in [6.07, 6.45) is 1.10. The molecule has 0 spiro atoms. The molecule has 2 aromatic carbocycles. The molecule has 0 bridgehead atoms. The standard InChI is InChI=1S/C18H23N/c1-5-16-7-9-17(10-8-16)15(4)19-18-11-6-13(2)12-14(18)3/h6-12,15,19H,5H2,1-4H3. The Balaban J connectivity index is 2.13. The predicted molar refractivity (Wildman–Crippen MR) is 83.8 cm³/mol. The van der Waals surface area contributed by atoms with Crippen molar-refractivity contribution in [1.82, 2.24) is 0 Å². The van der Waals surface area contributed by atoms with E-state index in [2.05, 4.69) is 75.5 Å². The van der Waals surface area contributed by atoms with Gasteiger partial charge >= 0.3 is 0 Å². The van der Waals surface area contributed by atoms with Crippen molar-refractivity contribution in [2.75, 3.05) is 5.32 Å². The number of hydrogen-bond donors (Lipinski definition) is 1. The highest BCUT2D eigenvalue weighted by Crippen LogP contribution is 2.23. The molecule has 1 nitrogen and oxygen atoms in total. The summed E-state index contributed by atoms with van der Waals surface area (Å²) in [5, 5.41) is 3.59. The Morgan fingerprint density at radius 2 is 1.68 bits per heavy atom. The van der Waals surface area contributed by atoms with Crippen LogP contribution in [0.2, 0.25) is 0 Å². The van der Waals surface area contributed by atoms with Crippen molar-refractivity contribution in [2.45, 2.75) is 40.2 Å². The van der Waals surface area contributed by atoms with Gasteiger partial charge in [-0.3, -0.25) is 0 Å². The maximum atomic E-state index is 3.59. The zero-order valence-electron chi connectivity index (χ0n) is 12.3. The topological polar surface area (TPSA) is 12.0 Å². The second-order valence-electron chi connectivity index (χ2n) is 5.28. The SMILES string of the molecule is CCc1ccc(C(C)Nc2ccc(C)cc2C)cc1. The van der Waals surface area contributed by atoms with Crippen LogP contribution in [-0.4, -0.2) is 0 Å². The molecule has 0 aliphatic carbocycles. The van der Waals surface area contributed by atoms with Crippen LogP contribution in [0.25, 0.3) is 0 Å². The van der Waals surface area contributed by atoms with E-state index in [-0.39, 0.29) is 0 Å². The van der Waals surface area contributed by atoms with Crippen LogP contribution in [-0.2, 0) is 6.42 Å².